The van der Waals surface area contributed by atoms with Crippen LogP contribution in [-0.4, -0.2) is 27.5 Å². The number of aromatic nitrogens is 2. The van der Waals surface area contributed by atoms with Crippen LogP contribution in [0.1, 0.15) is 38.2 Å². The van der Waals surface area contributed by atoms with Crippen LogP contribution in [0.3, 0.4) is 0 Å². The Morgan fingerprint density at radius 3 is 2.73 bits per heavy atom. The van der Waals surface area contributed by atoms with Gasteiger partial charge in [0.1, 0.15) is 22.8 Å². The first kappa shape index (κ1) is 22.6. The largest absolute Gasteiger partial charge is 0.373 e. The maximum atomic E-state index is 12.7. The van der Waals surface area contributed by atoms with Crippen molar-refractivity contribution in [1.29, 1.82) is 5.26 Å². The summed E-state index contributed by atoms with van der Waals surface area (Å²) < 4.78 is 1.55. The molecular weight excluding hydrogens is 440 g/mol. The summed E-state index contributed by atoms with van der Waals surface area (Å²) in [6.45, 7) is 1.79. The molecule has 1 fully saturated rings. The monoisotopic (exact) mass is 464 g/mol. The topological polar surface area (TPSA) is 112 Å². The second kappa shape index (κ2) is 9.51. The molecule has 8 nitrogen and oxygen atoms in total. The molecular formula is C24H25ClN6O2. The van der Waals surface area contributed by atoms with E-state index in [9.17, 15) is 14.9 Å². The summed E-state index contributed by atoms with van der Waals surface area (Å²) in [5, 5.41) is 19.8. The molecule has 33 heavy (non-hydrogen) atoms. The SMILES string of the molecule is C[C@@H](Nc1cc(=O)n(C)c2ccc(Nc3ccnc(Cl)c3C#N)cc12)C(=O)NC1CCCC1. The third-order valence-corrected chi connectivity index (χ3v) is 6.30. The van der Waals surface area contributed by atoms with Crippen LogP contribution in [-0.2, 0) is 11.8 Å². The number of amides is 1. The molecule has 1 amide bonds. The van der Waals surface area contributed by atoms with Gasteiger partial charge >= 0.3 is 0 Å². The number of halogens is 1. The standard InChI is InChI=1S/C24H25ClN6O2/c1-14(24(33)30-15-5-3-4-6-15)28-20-12-22(32)31(2)21-8-7-16(11-17(20)21)29-19-9-10-27-23(25)18(19)13-26/h7-12,14-15,28H,3-6H2,1-2H3,(H,27,29)(H,30,33)/t14-/m1/s1. The van der Waals surface area contributed by atoms with Crippen LogP contribution in [0.25, 0.3) is 10.9 Å². The zero-order chi connectivity index (χ0) is 23.5. The number of anilines is 3. The highest BCUT2D eigenvalue weighted by Gasteiger charge is 2.21. The first-order valence-corrected chi connectivity index (χ1v) is 11.3. The second-order valence-corrected chi connectivity index (χ2v) is 8.66. The van der Waals surface area contributed by atoms with E-state index < -0.39 is 6.04 Å². The fourth-order valence-electron chi connectivity index (χ4n) is 4.16. The van der Waals surface area contributed by atoms with E-state index in [1.807, 2.05) is 18.2 Å². The molecule has 1 aliphatic carbocycles. The highest BCUT2D eigenvalue weighted by atomic mass is 35.5. The molecule has 3 aromatic rings. The summed E-state index contributed by atoms with van der Waals surface area (Å²) in [6.07, 6.45) is 5.81. The van der Waals surface area contributed by atoms with Crippen molar-refractivity contribution in [2.45, 2.75) is 44.7 Å². The number of pyridine rings is 2. The van der Waals surface area contributed by atoms with Crippen LogP contribution < -0.4 is 21.5 Å². The Labute approximate surface area is 196 Å². The lowest BCUT2D eigenvalue weighted by atomic mass is 10.1. The molecule has 2 aromatic heterocycles. The van der Waals surface area contributed by atoms with Gasteiger partial charge < -0.3 is 20.5 Å². The molecule has 1 atom stereocenters. The number of nitrogens with one attached hydrogen (secondary N) is 3. The minimum Gasteiger partial charge on any atom is -0.373 e. The van der Waals surface area contributed by atoms with Crippen molar-refractivity contribution < 1.29 is 4.79 Å². The first-order valence-electron chi connectivity index (χ1n) is 10.9. The lowest BCUT2D eigenvalue weighted by Crippen LogP contribution is -2.42. The number of benzene rings is 1. The lowest BCUT2D eigenvalue weighted by molar-refractivity contribution is -0.122. The van der Waals surface area contributed by atoms with Gasteiger partial charge in [-0.25, -0.2) is 4.98 Å². The molecule has 1 aromatic carbocycles. The average molecular weight is 465 g/mol. The number of rotatable bonds is 6. The van der Waals surface area contributed by atoms with Gasteiger partial charge in [0.15, 0.2) is 0 Å². The van der Waals surface area contributed by atoms with E-state index in [0.29, 0.717) is 22.6 Å². The smallest absolute Gasteiger partial charge is 0.252 e. The van der Waals surface area contributed by atoms with Gasteiger partial charge in [0.05, 0.1) is 11.2 Å². The molecule has 0 spiro atoms. The minimum absolute atomic E-state index is 0.0879. The van der Waals surface area contributed by atoms with Gasteiger partial charge in [0.2, 0.25) is 5.91 Å². The summed E-state index contributed by atoms with van der Waals surface area (Å²) in [7, 11) is 1.70. The van der Waals surface area contributed by atoms with E-state index in [-0.39, 0.29) is 28.2 Å². The molecule has 1 aliphatic rings. The fraction of sp³-hybridized carbons (Fsp3) is 0.333. The number of hydrogen-bond donors (Lipinski definition) is 3. The number of nitrogens with zero attached hydrogens (tertiary/aromatic N) is 3. The number of fused-ring (bicyclic) bond motifs is 1. The predicted octanol–water partition coefficient (Wildman–Crippen LogP) is 4.06. The van der Waals surface area contributed by atoms with E-state index in [1.165, 1.54) is 12.3 Å². The maximum absolute atomic E-state index is 12.7. The zero-order valence-corrected chi connectivity index (χ0v) is 19.2. The van der Waals surface area contributed by atoms with E-state index >= 15 is 0 Å². The Morgan fingerprint density at radius 1 is 1.24 bits per heavy atom. The summed E-state index contributed by atoms with van der Waals surface area (Å²) in [5.41, 5.74) is 2.58. The van der Waals surface area contributed by atoms with Crippen LogP contribution in [0, 0.1) is 11.3 Å². The van der Waals surface area contributed by atoms with E-state index in [2.05, 4.69) is 27.0 Å². The highest BCUT2D eigenvalue weighted by molar-refractivity contribution is 6.31. The van der Waals surface area contributed by atoms with Gasteiger partial charge in [0.25, 0.3) is 5.56 Å². The van der Waals surface area contributed by atoms with Crippen LogP contribution >= 0.6 is 11.6 Å². The van der Waals surface area contributed by atoms with Gasteiger partial charge in [-0.05, 0) is 44.0 Å². The normalized spacial score (nSPS) is 14.6. The third kappa shape index (κ3) is 4.78. The molecule has 0 radical (unpaired) electrons. The molecule has 1 saturated carbocycles. The van der Waals surface area contributed by atoms with E-state index in [4.69, 9.17) is 11.6 Å². The van der Waals surface area contributed by atoms with E-state index in [0.717, 1.165) is 31.1 Å². The molecule has 2 heterocycles. The molecule has 0 bridgehead atoms. The van der Waals surface area contributed by atoms with Gasteiger partial charge in [-0.1, -0.05) is 24.4 Å². The molecule has 0 aliphatic heterocycles. The molecule has 0 saturated heterocycles. The molecule has 3 N–H and O–H groups in total. The molecule has 4 rings (SSSR count). The van der Waals surface area contributed by atoms with Crippen LogP contribution in [0.5, 0.6) is 0 Å². The van der Waals surface area contributed by atoms with Crippen molar-refractivity contribution in [2.24, 2.45) is 7.05 Å². The van der Waals surface area contributed by atoms with Crippen molar-refractivity contribution in [3.8, 4) is 6.07 Å². The van der Waals surface area contributed by atoms with Crippen molar-refractivity contribution >= 4 is 45.5 Å². The van der Waals surface area contributed by atoms with E-state index in [1.54, 1.807) is 24.6 Å². The molecule has 170 valence electrons. The number of aryl methyl sites for hydroxylation is 1. The van der Waals surface area contributed by atoms with Gasteiger partial charge in [-0.2, -0.15) is 5.26 Å². The van der Waals surface area contributed by atoms with Crippen LogP contribution in [0.15, 0.2) is 41.3 Å². The summed E-state index contributed by atoms with van der Waals surface area (Å²) >= 11 is 6.04. The minimum atomic E-state index is -0.512. The van der Waals surface area contributed by atoms with Gasteiger partial charge in [-0.15, -0.1) is 0 Å². The van der Waals surface area contributed by atoms with Gasteiger partial charge in [0, 0.05) is 42.1 Å². The number of carbonyl (C=O) groups is 1. The van der Waals surface area contributed by atoms with Crippen molar-refractivity contribution in [3.63, 3.8) is 0 Å². The molecule has 9 heteroatoms. The van der Waals surface area contributed by atoms with Crippen molar-refractivity contribution in [2.75, 3.05) is 10.6 Å². The quantitative estimate of drug-likeness (QED) is 0.474. The fourth-order valence-corrected chi connectivity index (χ4v) is 4.36. The summed E-state index contributed by atoms with van der Waals surface area (Å²) in [5.74, 6) is -0.0879. The predicted molar refractivity (Wildman–Crippen MR) is 130 cm³/mol. The summed E-state index contributed by atoms with van der Waals surface area (Å²) in [6, 6.07) is 10.4. The van der Waals surface area contributed by atoms with Gasteiger partial charge in [-0.3, -0.25) is 9.59 Å². The highest BCUT2D eigenvalue weighted by Crippen LogP contribution is 2.29. The number of nitriles is 1. The van der Waals surface area contributed by atoms with Crippen LogP contribution in [0.2, 0.25) is 5.15 Å². The average Bonchev–Trinajstić information content (AvgIpc) is 3.30. The molecule has 0 unspecified atom stereocenters. The number of hydrogen-bond acceptors (Lipinski definition) is 6. The summed E-state index contributed by atoms with van der Waals surface area (Å²) in [4.78, 5) is 29.2. The first-order chi connectivity index (χ1) is 15.9. The van der Waals surface area contributed by atoms with Crippen LogP contribution in [0.4, 0.5) is 17.1 Å². The second-order valence-electron chi connectivity index (χ2n) is 8.30. The Morgan fingerprint density at radius 2 is 2.00 bits per heavy atom. The van der Waals surface area contributed by atoms with Crippen molar-refractivity contribution in [1.82, 2.24) is 14.9 Å². The Hall–Kier alpha value is -3.57. The number of carbonyl (C=O) groups excluding carboxylic acids is 1. The maximum Gasteiger partial charge on any atom is 0.252 e. The zero-order valence-electron chi connectivity index (χ0n) is 18.5. The van der Waals surface area contributed by atoms with Crippen molar-refractivity contribution in [3.05, 3.63) is 57.6 Å². The lowest BCUT2D eigenvalue weighted by Gasteiger charge is -2.20. The Balaban J connectivity index is 1.66. The Kier molecular flexibility index (Phi) is 6.52. The third-order valence-electron chi connectivity index (χ3n) is 6.01. The Bertz CT molecular complexity index is 1310.